The molecule has 0 bridgehead atoms. The smallest absolute Gasteiger partial charge is 0.234 e. The summed E-state index contributed by atoms with van der Waals surface area (Å²) < 4.78 is 11.8. The average Bonchev–Trinajstić information content (AvgIpc) is 3.14. The molecular weight excluding hydrogens is 454 g/mol. The molecule has 0 saturated carbocycles. The van der Waals surface area contributed by atoms with Crippen LogP contribution in [0, 0.1) is 0 Å². The minimum absolute atomic E-state index is 0.0844. The number of nitrogens with one attached hydrogen (secondary N) is 1. The number of amides is 1. The van der Waals surface area contributed by atoms with Crippen LogP contribution in [0.4, 0.5) is 0 Å². The van der Waals surface area contributed by atoms with Crippen molar-refractivity contribution >= 4 is 33.2 Å². The van der Waals surface area contributed by atoms with Crippen molar-refractivity contribution in [2.75, 3.05) is 53.5 Å². The van der Waals surface area contributed by atoms with Gasteiger partial charge < -0.3 is 14.8 Å². The lowest BCUT2D eigenvalue weighted by Crippen LogP contribution is -2.49. The lowest BCUT2D eigenvalue weighted by atomic mass is 10.1. The van der Waals surface area contributed by atoms with Crippen molar-refractivity contribution in [1.82, 2.24) is 15.1 Å². The maximum absolute atomic E-state index is 12.3. The van der Waals surface area contributed by atoms with Crippen molar-refractivity contribution in [1.29, 1.82) is 0 Å². The van der Waals surface area contributed by atoms with E-state index in [1.807, 2.05) is 18.2 Å². The van der Waals surface area contributed by atoms with Crippen LogP contribution in [0.5, 0.6) is 11.5 Å². The number of thiophene rings is 1. The Hall–Kier alpha value is -1.61. The molecule has 0 unspecified atom stereocenters. The number of ether oxygens (including phenoxy) is 2. The molecule has 1 aromatic heterocycles. The number of methoxy groups -OCH3 is 2. The Balaban J connectivity index is 1.35. The molecule has 1 fully saturated rings. The highest BCUT2D eigenvalue weighted by atomic mass is 79.9. The molecule has 1 N–H and O–H groups in total. The number of carbonyl (C=O) groups is 1. The Morgan fingerprint density at radius 1 is 1.07 bits per heavy atom. The third-order valence-electron chi connectivity index (χ3n) is 5.02. The van der Waals surface area contributed by atoms with Gasteiger partial charge >= 0.3 is 0 Å². The van der Waals surface area contributed by atoms with E-state index in [1.54, 1.807) is 25.6 Å². The van der Waals surface area contributed by atoms with E-state index in [0.29, 0.717) is 24.6 Å². The van der Waals surface area contributed by atoms with Gasteiger partial charge in [0.25, 0.3) is 0 Å². The van der Waals surface area contributed by atoms with Crippen molar-refractivity contribution < 1.29 is 14.3 Å². The van der Waals surface area contributed by atoms with Crippen LogP contribution >= 0.6 is 27.3 Å². The molecule has 29 heavy (non-hydrogen) atoms. The summed E-state index contributed by atoms with van der Waals surface area (Å²) >= 11 is 5.30. The van der Waals surface area contributed by atoms with Crippen molar-refractivity contribution in [2.24, 2.45) is 0 Å². The Bertz CT molecular complexity index is 806. The topological polar surface area (TPSA) is 54.0 Å². The predicted octanol–water partition coefficient (Wildman–Crippen LogP) is 3.00. The third-order valence-corrected chi connectivity index (χ3v) is 6.63. The molecule has 158 valence electrons. The second kappa shape index (κ2) is 11.0. The number of piperazine rings is 1. The van der Waals surface area contributed by atoms with Gasteiger partial charge in [0.05, 0.1) is 24.6 Å². The number of carbonyl (C=O) groups excluding carboxylic acids is 1. The standard InChI is InChI=1S/C21H28BrN3O3S/c1-27-18-5-3-16(13-19(18)28-2)7-8-23-21(26)15-25-11-9-24(10-12-25)14-17-4-6-20(22)29-17/h3-6,13H,7-12,14-15H2,1-2H3,(H,23,26). The van der Waals surface area contributed by atoms with Crippen LogP contribution in [0.15, 0.2) is 34.1 Å². The summed E-state index contributed by atoms with van der Waals surface area (Å²) in [6.45, 7) is 5.90. The molecule has 1 aromatic carbocycles. The molecule has 0 atom stereocenters. The van der Waals surface area contributed by atoms with Gasteiger partial charge in [0.1, 0.15) is 0 Å². The van der Waals surface area contributed by atoms with Gasteiger partial charge in [-0.1, -0.05) is 6.07 Å². The predicted molar refractivity (Wildman–Crippen MR) is 120 cm³/mol. The van der Waals surface area contributed by atoms with E-state index in [-0.39, 0.29) is 5.91 Å². The van der Waals surface area contributed by atoms with E-state index >= 15 is 0 Å². The summed E-state index contributed by atoms with van der Waals surface area (Å²) in [5.41, 5.74) is 1.11. The fourth-order valence-electron chi connectivity index (χ4n) is 3.40. The fraction of sp³-hybridized carbons (Fsp3) is 0.476. The van der Waals surface area contributed by atoms with Gasteiger partial charge in [0.15, 0.2) is 11.5 Å². The minimum atomic E-state index is 0.0844. The number of hydrogen-bond acceptors (Lipinski definition) is 6. The highest BCUT2D eigenvalue weighted by Gasteiger charge is 2.19. The van der Waals surface area contributed by atoms with Crippen molar-refractivity contribution in [3.63, 3.8) is 0 Å². The van der Waals surface area contributed by atoms with Crippen molar-refractivity contribution in [2.45, 2.75) is 13.0 Å². The molecule has 1 aliphatic heterocycles. The molecule has 1 amide bonds. The summed E-state index contributed by atoms with van der Waals surface area (Å²) in [5, 5.41) is 3.03. The molecule has 0 aliphatic carbocycles. The zero-order valence-electron chi connectivity index (χ0n) is 16.9. The van der Waals surface area contributed by atoms with Crippen LogP contribution in [0.25, 0.3) is 0 Å². The quantitative estimate of drug-likeness (QED) is 0.596. The molecule has 1 saturated heterocycles. The number of hydrogen-bond donors (Lipinski definition) is 1. The van der Waals surface area contributed by atoms with Crippen molar-refractivity contribution in [3.05, 3.63) is 44.6 Å². The van der Waals surface area contributed by atoms with Crippen LogP contribution in [-0.2, 0) is 17.8 Å². The zero-order chi connectivity index (χ0) is 20.6. The molecular formula is C21H28BrN3O3S. The van der Waals surface area contributed by atoms with Gasteiger partial charge in [0.2, 0.25) is 5.91 Å². The number of halogens is 1. The van der Waals surface area contributed by atoms with Crippen LogP contribution in [-0.4, -0.2) is 69.2 Å². The van der Waals surface area contributed by atoms with E-state index in [1.165, 1.54) is 8.66 Å². The molecule has 6 nitrogen and oxygen atoms in total. The van der Waals surface area contributed by atoms with E-state index in [2.05, 4.69) is 43.2 Å². The lowest BCUT2D eigenvalue weighted by molar-refractivity contribution is -0.122. The summed E-state index contributed by atoms with van der Waals surface area (Å²) in [4.78, 5) is 18.3. The molecule has 8 heteroatoms. The number of nitrogens with zero attached hydrogens (tertiary/aromatic N) is 2. The second-order valence-electron chi connectivity index (χ2n) is 7.05. The highest BCUT2D eigenvalue weighted by Crippen LogP contribution is 2.27. The molecule has 2 aromatic rings. The van der Waals surface area contributed by atoms with E-state index < -0.39 is 0 Å². The number of benzene rings is 1. The third kappa shape index (κ3) is 6.70. The first-order chi connectivity index (χ1) is 14.1. The SMILES string of the molecule is COc1ccc(CCNC(=O)CN2CCN(Cc3ccc(Br)s3)CC2)cc1OC. The maximum Gasteiger partial charge on any atom is 0.234 e. The number of rotatable bonds is 9. The van der Waals surface area contributed by atoms with Crippen LogP contribution in [0.1, 0.15) is 10.4 Å². The maximum atomic E-state index is 12.3. The first kappa shape index (κ1) is 22.1. The fourth-order valence-corrected chi connectivity index (χ4v) is 4.93. The van der Waals surface area contributed by atoms with Crippen LogP contribution < -0.4 is 14.8 Å². The summed E-state index contributed by atoms with van der Waals surface area (Å²) in [5.74, 6) is 1.51. The normalized spacial score (nSPS) is 15.3. The minimum Gasteiger partial charge on any atom is -0.493 e. The van der Waals surface area contributed by atoms with Gasteiger partial charge in [0, 0.05) is 44.1 Å². The monoisotopic (exact) mass is 481 g/mol. The Labute approximate surface area is 184 Å². The Kier molecular flexibility index (Phi) is 8.35. The average molecular weight is 482 g/mol. The second-order valence-corrected chi connectivity index (χ2v) is 9.59. The lowest BCUT2D eigenvalue weighted by Gasteiger charge is -2.34. The van der Waals surface area contributed by atoms with Gasteiger partial charge in [-0.2, -0.15) is 0 Å². The molecule has 0 spiro atoms. The summed E-state index contributed by atoms with van der Waals surface area (Å²) in [7, 11) is 3.25. The van der Waals surface area contributed by atoms with E-state index in [9.17, 15) is 4.79 Å². The molecule has 1 aliphatic rings. The Morgan fingerprint density at radius 2 is 1.79 bits per heavy atom. The first-order valence-corrected chi connectivity index (χ1v) is 11.3. The summed E-state index contributed by atoms with van der Waals surface area (Å²) in [6, 6.07) is 10.1. The largest absolute Gasteiger partial charge is 0.493 e. The first-order valence-electron chi connectivity index (χ1n) is 9.74. The highest BCUT2D eigenvalue weighted by molar-refractivity contribution is 9.11. The van der Waals surface area contributed by atoms with Crippen molar-refractivity contribution in [3.8, 4) is 11.5 Å². The van der Waals surface area contributed by atoms with Crippen LogP contribution in [0.3, 0.4) is 0 Å². The van der Waals surface area contributed by atoms with Crippen LogP contribution in [0.2, 0.25) is 0 Å². The molecule has 2 heterocycles. The summed E-state index contributed by atoms with van der Waals surface area (Å²) in [6.07, 6.45) is 0.760. The molecule has 0 radical (unpaired) electrons. The van der Waals surface area contributed by atoms with Gasteiger partial charge in [-0.25, -0.2) is 0 Å². The Morgan fingerprint density at radius 3 is 2.45 bits per heavy atom. The van der Waals surface area contributed by atoms with Gasteiger partial charge in [-0.05, 0) is 52.2 Å². The van der Waals surface area contributed by atoms with Gasteiger partial charge in [-0.3, -0.25) is 14.6 Å². The van der Waals surface area contributed by atoms with Gasteiger partial charge in [-0.15, -0.1) is 11.3 Å². The van der Waals surface area contributed by atoms with E-state index in [4.69, 9.17) is 9.47 Å². The molecule has 3 rings (SSSR count). The zero-order valence-corrected chi connectivity index (χ0v) is 19.4. The van der Waals surface area contributed by atoms with E-state index in [0.717, 1.165) is 44.7 Å².